The van der Waals surface area contributed by atoms with Crippen molar-refractivity contribution in [3.05, 3.63) is 11.1 Å². The SMILES string of the molecule is CC1CN(c2ncc(C(=O)O)s2)CC(C)N1C. The molecular weight excluding hydrogens is 238 g/mol. The van der Waals surface area contributed by atoms with Crippen LogP contribution in [0.5, 0.6) is 0 Å². The predicted molar refractivity (Wildman–Crippen MR) is 68.0 cm³/mol. The van der Waals surface area contributed by atoms with E-state index in [9.17, 15) is 4.79 Å². The van der Waals surface area contributed by atoms with Crippen LogP contribution in [0.1, 0.15) is 23.5 Å². The van der Waals surface area contributed by atoms with E-state index in [0.29, 0.717) is 17.0 Å². The zero-order chi connectivity index (χ0) is 12.6. The molecule has 1 fully saturated rings. The fraction of sp³-hybridized carbons (Fsp3) is 0.636. The molecule has 0 amide bonds. The van der Waals surface area contributed by atoms with Crippen molar-refractivity contribution in [2.75, 3.05) is 25.0 Å². The molecule has 0 aliphatic carbocycles. The zero-order valence-corrected chi connectivity index (χ0v) is 11.1. The molecule has 5 nitrogen and oxygen atoms in total. The van der Waals surface area contributed by atoms with Crippen molar-refractivity contribution in [2.24, 2.45) is 0 Å². The maximum Gasteiger partial charge on any atom is 0.347 e. The summed E-state index contributed by atoms with van der Waals surface area (Å²) < 4.78 is 0. The van der Waals surface area contributed by atoms with Crippen LogP contribution in [-0.4, -0.2) is 53.2 Å². The minimum atomic E-state index is -0.899. The first-order valence-electron chi connectivity index (χ1n) is 5.65. The van der Waals surface area contributed by atoms with E-state index in [1.165, 1.54) is 17.5 Å². The number of thiazole rings is 1. The molecule has 0 aromatic carbocycles. The van der Waals surface area contributed by atoms with E-state index in [2.05, 4.69) is 35.7 Å². The molecule has 2 atom stereocenters. The largest absolute Gasteiger partial charge is 0.477 e. The number of nitrogens with zero attached hydrogens (tertiary/aromatic N) is 3. The summed E-state index contributed by atoms with van der Waals surface area (Å²) in [5, 5.41) is 9.70. The first kappa shape index (κ1) is 12.3. The summed E-state index contributed by atoms with van der Waals surface area (Å²) in [5.41, 5.74) is 0. The van der Waals surface area contributed by atoms with Crippen LogP contribution in [0.4, 0.5) is 5.13 Å². The summed E-state index contributed by atoms with van der Waals surface area (Å²) in [6, 6.07) is 0.909. The van der Waals surface area contributed by atoms with E-state index in [1.54, 1.807) is 0 Å². The number of hydrogen-bond acceptors (Lipinski definition) is 5. The smallest absolute Gasteiger partial charge is 0.347 e. The fourth-order valence-electron chi connectivity index (χ4n) is 2.07. The lowest BCUT2D eigenvalue weighted by Crippen LogP contribution is -2.55. The Morgan fingerprint density at radius 3 is 2.53 bits per heavy atom. The molecular formula is C11H17N3O2S. The molecule has 2 unspecified atom stereocenters. The van der Waals surface area contributed by atoms with Gasteiger partial charge in [0.15, 0.2) is 5.13 Å². The Kier molecular flexibility index (Phi) is 3.35. The number of aromatic nitrogens is 1. The highest BCUT2D eigenvalue weighted by Gasteiger charge is 2.28. The van der Waals surface area contributed by atoms with Crippen molar-refractivity contribution >= 4 is 22.4 Å². The second-order valence-electron chi connectivity index (χ2n) is 4.58. The maximum absolute atomic E-state index is 10.8. The van der Waals surface area contributed by atoms with Gasteiger partial charge in [0.2, 0.25) is 0 Å². The van der Waals surface area contributed by atoms with Gasteiger partial charge in [-0.25, -0.2) is 9.78 Å². The topological polar surface area (TPSA) is 56.7 Å². The van der Waals surface area contributed by atoms with E-state index in [-0.39, 0.29) is 0 Å². The van der Waals surface area contributed by atoms with Crippen LogP contribution >= 0.6 is 11.3 Å². The molecule has 1 N–H and O–H groups in total. The minimum Gasteiger partial charge on any atom is -0.477 e. The Bertz CT molecular complexity index is 409. The second kappa shape index (κ2) is 4.62. The Labute approximate surface area is 105 Å². The van der Waals surface area contributed by atoms with Gasteiger partial charge in [-0.3, -0.25) is 4.90 Å². The Balaban J connectivity index is 2.14. The van der Waals surface area contributed by atoms with Crippen molar-refractivity contribution in [1.82, 2.24) is 9.88 Å². The van der Waals surface area contributed by atoms with Crippen LogP contribution in [0.2, 0.25) is 0 Å². The molecule has 2 heterocycles. The third kappa shape index (κ3) is 2.42. The van der Waals surface area contributed by atoms with Crippen LogP contribution in [0.3, 0.4) is 0 Å². The molecule has 2 rings (SSSR count). The maximum atomic E-state index is 10.8. The Hall–Kier alpha value is -1.14. The molecule has 6 heteroatoms. The van der Waals surface area contributed by atoms with E-state index in [0.717, 1.165) is 18.2 Å². The number of carboxylic acids is 1. The summed E-state index contributed by atoms with van der Waals surface area (Å²) in [7, 11) is 2.12. The number of aromatic carboxylic acids is 1. The van der Waals surface area contributed by atoms with Gasteiger partial charge >= 0.3 is 5.97 Å². The van der Waals surface area contributed by atoms with Crippen molar-refractivity contribution < 1.29 is 9.90 Å². The van der Waals surface area contributed by atoms with Crippen molar-refractivity contribution in [2.45, 2.75) is 25.9 Å². The zero-order valence-electron chi connectivity index (χ0n) is 10.3. The van der Waals surface area contributed by atoms with Gasteiger partial charge in [0, 0.05) is 25.2 Å². The van der Waals surface area contributed by atoms with Crippen LogP contribution in [0.15, 0.2) is 6.20 Å². The molecule has 17 heavy (non-hydrogen) atoms. The quantitative estimate of drug-likeness (QED) is 0.865. The van der Waals surface area contributed by atoms with Crippen LogP contribution in [0.25, 0.3) is 0 Å². The highest BCUT2D eigenvalue weighted by atomic mass is 32.1. The summed E-state index contributed by atoms with van der Waals surface area (Å²) in [4.78, 5) is 19.8. The Morgan fingerprint density at radius 2 is 2.06 bits per heavy atom. The van der Waals surface area contributed by atoms with Gasteiger partial charge in [0.05, 0.1) is 6.20 Å². The third-order valence-electron chi connectivity index (χ3n) is 3.33. The number of carbonyl (C=O) groups is 1. The lowest BCUT2D eigenvalue weighted by Gasteiger charge is -2.42. The predicted octanol–water partition coefficient (Wildman–Crippen LogP) is 1.37. The molecule has 1 aromatic rings. The lowest BCUT2D eigenvalue weighted by atomic mass is 10.1. The number of likely N-dealkylation sites (N-methyl/N-ethyl adjacent to an activating group) is 1. The highest BCUT2D eigenvalue weighted by Crippen LogP contribution is 2.26. The van der Waals surface area contributed by atoms with Gasteiger partial charge in [-0.2, -0.15) is 0 Å². The number of piperazine rings is 1. The number of carboxylic acid groups (broad SMARTS) is 1. The highest BCUT2D eigenvalue weighted by molar-refractivity contribution is 7.17. The summed E-state index contributed by atoms with van der Waals surface area (Å²) in [6.07, 6.45) is 1.44. The molecule has 0 spiro atoms. The van der Waals surface area contributed by atoms with E-state index < -0.39 is 5.97 Å². The normalized spacial score (nSPS) is 26.2. The summed E-state index contributed by atoms with van der Waals surface area (Å²) >= 11 is 1.25. The van der Waals surface area contributed by atoms with Crippen molar-refractivity contribution in [3.8, 4) is 0 Å². The van der Waals surface area contributed by atoms with Crippen LogP contribution in [0, 0.1) is 0 Å². The van der Waals surface area contributed by atoms with Crippen LogP contribution < -0.4 is 4.90 Å². The lowest BCUT2D eigenvalue weighted by molar-refractivity contribution is 0.0702. The second-order valence-corrected chi connectivity index (χ2v) is 5.59. The molecule has 1 aliphatic heterocycles. The average Bonchev–Trinajstić information content (AvgIpc) is 2.74. The van der Waals surface area contributed by atoms with Gasteiger partial charge < -0.3 is 10.0 Å². The third-order valence-corrected chi connectivity index (χ3v) is 4.38. The molecule has 0 radical (unpaired) electrons. The first-order valence-corrected chi connectivity index (χ1v) is 6.46. The van der Waals surface area contributed by atoms with E-state index in [1.807, 2.05) is 0 Å². The van der Waals surface area contributed by atoms with Crippen molar-refractivity contribution in [1.29, 1.82) is 0 Å². The molecule has 0 bridgehead atoms. The monoisotopic (exact) mass is 255 g/mol. The Morgan fingerprint density at radius 1 is 1.47 bits per heavy atom. The van der Waals surface area contributed by atoms with Gasteiger partial charge in [-0.1, -0.05) is 11.3 Å². The summed E-state index contributed by atoms with van der Waals surface area (Å²) in [6.45, 7) is 6.14. The minimum absolute atomic E-state index is 0.305. The molecule has 1 aliphatic rings. The molecule has 1 saturated heterocycles. The van der Waals surface area contributed by atoms with Gasteiger partial charge in [-0.15, -0.1) is 0 Å². The van der Waals surface area contributed by atoms with E-state index in [4.69, 9.17) is 5.11 Å². The van der Waals surface area contributed by atoms with Gasteiger partial charge in [0.25, 0.3) is 0 Å². The summed E-state index contributed by atoms with van der Waals surface area (Å²) in [5.74, 6) is -0.899. The standard InChI is InChI=1S/C11H17N3O2S/c1-7-5-14(6-8(2)13(7)3)11-12-4-9(17-11)10(15)16/h4,7-8H,5-6H2,1-3H3,(H,15,16). The fourth-order valence-corrected chi connectivity index (χ4v) is 2.84. The molecule has 1 aromatic heterocycles. The number of rotatable bonds is 2. The van der Waals surface area contributed by atoms with Crippen molar-refractivity contribution in [3.63, 3.8) is 0 Å². The number of hydrogen-bond donors (Lipinski definition) is 1. The van der Waals surface area contributed by atoms with E-state index >= 15 is 0 Å². The molecule has 0 saturated carbocycles. The van der Waals surface area contributed by atoms with Gasteiger partial charge in [-0.05, 0) is 20.9 Å². The molecule has 94 valence electrons. The average molecular weight is 255 g/mol. The number of anilines is 1. The first-order chi connectivity index (χ1) is 7.99. The van der Waals surface area contributed by atoms with Crippen LogP contribution in [-0.2, 0) is 0 Å². The van der Waals surface area contributed by atoms with Gasteiger partial charge in [0.1, 0.15) is 4.88 Å².